The number of ether oxygens (including phenoxy) is 2. The maximum atomic E-state index is 11.5. The SMILES string of the molecule is COC(=O)c1cc(OC)ccc1OP(=O)(O)OC. The van der Waals surface area contributed by atoms with Crippen LogP contribution in [0.5, 0.6) is 11.5 Å². The van der Waals surface area contributed by atoms with Crippen LogP contribution in [-0.4, -0.2) is 32.2 Å². The van der Waals surface area contributed by atoms with Crippen molar-refractivity contribution in [1.29, 1.82) is 0 Å². The summed E-state index contributed by atoms with van der Waals surface area (Å²) in [5, 5.41) is 0. The lowest BCUT2D eigenvalue weighted by atomic mass is 10.2. The number of hydrogen-bond donors (Lipinski definition) is 1. The molecule has 0 bridgehead atoms. The van der Waals surface area contributed by atoms with Crippen molar-refractivity contribution in [3.05, 3.63) is 23.8 Å². The second-order valence-electron chi connectivity index (χ2n) is 3.10. The summed E-state index contributed by atoms with van der Waals surface area (Å²) in [6, 6.07) is 4.11. The molecule has 8 heteroatoms. The monoisotopic (exact) mass is 276 g/mol. The Kier molecular flexibility index (Phi) is 4.72. The second-order valence-corrected chi connectivity index (χ2v) is 4.58. The fraction of sp³-hybridized carbons (Fsp3) is 0.300. The van der Waals surface area contributed by atoms with Gasteiger partial charge in [0.1, 0.15) is 17.1 Å². The van der Waals surface area contributed by atoms with E-state index in [0.717, 1.165) is 7.11 Å². The Morgan fingerprint density at radius 3 is 2.44 bits per heavy atom. The first-order valence-corrected chi connectivity index (χ1v) is 6.27. The first-order valence-electron chi connectivity index (χ1n) is 4.78. The molecule has 0 amide bonds. The summed E-state index contributed by atoms with van der Waals surface area (Å²) in [7, 11) is -0.628. The molecule has 1 atom stereocenters. The van der Waals surface area contributed by atoms with Gasteiger partial charge in [-0.2, -0.15) is 0 Å². The highest BCUT2D eigenvalue weighted by molar-refractivity contribution is 7.47. The summed E-state index contributed by atoms with van der Waals surface area (Å²) in [5.41, 5.74) is -0.0387. The van der Waals surface area contributed by atoms with Crippen LogP contribution in [0.25, 0.3) is 0 Å². The molecule has 0 spiro atoms. The van der Waals surface area contributed by atoms with E-state index in [4.69, 9.17) is 9.26 Å². The highest BCUT2D eigenvalue weighted by atomic mass is 31.2. The topological polar surface area (TPSA) is 91.3 Å². The van der Waals surface area contributed by atoms with Crippen molar-refractivity contribution in [2.24, 2.45) is 0 Å². The van der Waals surface area contributed by atoms with Crippen LogP contribution < -0.4 is 9.26 Å². The first-order chi connectivity index (χ1) is 8.43. The molecular weight excluding hydrogens is 263 g/mol. The zero-order valence-electron chi connectivity index (χ0n) is 10.1. The van der Waals surface area contributed by atoms with Gasteiger partial charge in [0.25, 0.3) is 0 Å². The summed E-state index contributed by atoms with van der Waals surface area (Å²) in [6.45, 7) is 0. The average Bonchev–Trinajstić information content (AvgIpc) is 2.38. The molecule has 1 aromatic rings. The Balaban J connectivity index is 3.18. The van der Waals surface area contributed by atoms with E-state index in [-0.39, 0.29) is 11.3 Å². The van der Waals surface area contributed by atoms with Gasteiger partial charge < -0.3 is 14.0 Å². The van der Waals surface area contributed by atoms with Crippen molar-refractivity contribution in [3.63, 3.8) is 0 Å². The molecule has 1 aromatic carbocycles. The molecule has 0 aliphatic heterocycles. The van der Waals surface area contributed by atoms with E-state index < -0.39 is 13.8 Å². The molecular formula is C10H13O7P. The second kappa shape index (κ2) is 5.86. The van der Waals surface area contributed by atoms with Gasteiger partial charge in [-0.1, -0.05) is 0 Å². The molecule has 0 saturated carbocycles. The number of phosphoric acid groups is 1. The van der Waals surface area contributed by atoms with E-state index in [0.29, 0.717) is 5.75 Å². The minimum Gasteiger partial charge on any atom is -0.497 e. The molecule has 0 radical (unpaired) electrons. The molecule has 7 nitrogen and oxygen atoms in total. The van der Waals surface area contributed by atoms with Crippen LogP contribution in [0.4, 0.5) is 0 Å². The van der Waals surface area contributed by atoms with Gasteiger partial charge in [0.2, 0.25) is 0 Å². The van der Waals surface area contributed by atoms with Gasteiger partial charge in [-0.15, -0.1) is 0 Å². The van der Waals surface area contributed by atoms with Crippen LogP contribution in [0.1, 0.15) is 10.4 Å². The molecule has 100 valence electrons. The van der Waals surface area contributed by atoms with E-state index in [2.05, 4.69) is 9.26 Å². The maximum absolute atomic E-state index is 11.5. The molecule has 0 saturated heterocycles. The summed E-state index contributed by atoms with van der Waals surface area (Å²) < 4.78 is 29.8. The standard InChI is InChI=1S/C10H13O7P/c1-14-7-4-5-9(17-18(12,13)16-3)8(6-7)10(11)15-2/h4-6H,1-3H3,(H,12,13). The fourth-order valence-electron chi connectivity index (χ4n) is 1.15. The van der Waals surface area contributed by atoms with Crippen LogP contribution >= 0.6 is 7.82 Å². The number of carbonyl (C=O) groups excluding carboxylic acids is 1. The predicted octanol–water partition coefficient (Wildman–Crippen LogP) is 1.61. The largest absolute Gasteiger partial charge is 0.527 e. The van der Waals surface area contributed by atoms with Gasteiger partial charge in [0.05, 0.1) is 14.2 Å². The van der Waals surface area contributed by atoms with Crippen LogP contribution in [0.3, 0.4) is 0 Å². The zero-order chi connectivity index (χ0) is 13.8. The summed E-state index contributed by atoms with van der Waals surface area (Å²) in [5.74, 6) is -0.469. The maximum Gasteiger partial charge on any atom is 0.527 e. The number of rotatable bonds is 5. The minimum absolute atomic E-state index is 0.0387. The number of benzene rings is 1. The molecule has 18 heavy (non-hydrogen) atoms. The normalized spacial score (nSPS) is 13.6. The van der Waals surface area contributed by atoms with E-state index in [9.17, 15) is 14.3 Å². The predicted molar refractivity (Wildman–Crippen MR) is 61.8 cm³/mol. The molecule has 1 rings (SSSR count). The lowest BCUT2D eigenvalue weighted by Crippen LogP contribution is -2.05. The Bertz CT molecular complexity index is 485. The van der Waals surface area contributed by atoms with Crippen molar-refractivity contribution in [1.82, 2.24) is 0 Å². The van der Waals surface area contributed by atoms with Gasteiger partial charge in [-0.3, -0.25) is 9.42 Å². The molecule has 0 heterocycles. The van der Waals surface area contributed by atoms with Crippen LogP contribution in [-0.2, 0) is 13.8 Å². The average molecular weight is 276 g/mol. The number of phosphoric ester groups is 1. The quantitative estimate of drug-likeness (QED) is 0.645. The van der Waals surface area contributed by atoms with E-state index >= 15 is 0 Å². The number of carbonyl (C=O) groups is 1. The fourth-order valence-corrected chi connectivity index (χ4v) is 1.63. The number of methoxy groups -OCH3 is 2. The van der Waals surface area contributed by atoms with Crippen molar-refractivity contribution in [2.45, 2.75) is 0 Å². The molecule has 0 fully saturated rings. The Morgan fingerprint density at radius 1 is 1.28 bits per heavy atom. The lowest BCUT2D eigenvalue weighted by molar-refractivity contribution is 0.0598. The zero-order valence-corrected chi connectivity index (χ0v) is 11.0. The van der Waals surface area contributed by atoms with Gasteiger partial charge in [0, 0.05) is 7.11 Å². The van der Waals surface area contributed by atoms with Crippen molar-refractivity contribution in [2.75, 3.05) is 21.3 Å². The van der Waals surface area contributed by atoms with E-state index in [1.165, 1.54) is 32.4 Å². The first kappa shape index (κ1) is 14.5. The summed E-state index contributed by atoms with van der Waals surface area (Å²) in [4.78, 5) is 20.7. The molecule has 0 aliphatic rings. The van der Waals surface area contributed by atoms with Gasteiger partial charge in [0.15, 0.2) is 0 Å². The lowest BCUT2D eigenvalue weighted by Gasteiger charge is -2.13. The van der Waals surface area contributed by atoms with Crippen molar-refractivity contribution < 1.29 is 32.8 Å². The third-order valence-electron chi connectivity index (χ3n) is 2.04. The van der Waals surface area contributed by atoms with Crippen molar-refractivity contribution in [3.8, 4) is 11.5 Å². The van der Waals surface area contributed by atoms with E-state index in [1.54, 1.807) is 0 Å². The summed E-state index contributed by atoms with van der Waals surface area (Å²) >= 11 is 0. The Labute approximate surface area is 104 Å². The molecule has 0 aromatic heterocycles. The highest BCUT2D eigenvalue weighted by Gasteiger charge is 2.24. The van der Waals surface area contributed by atoms with Gasteiger partial charge in [-0.25, -0.2) is 9.36 Å². The smallest absolute Gasteiger partial charge is 0.497 e. The van der Waals surface area contributed by atoms with Crippen molar-refractivity contribution >= 4 is 13.8 Å². The third-order valence-corrected chi connectivity index (χ3v) is 2.93. The number of hydrogen-bond acceptors (Lipinski definition) is 6. The third kappa shape index (κ3) is 3.46. The molecule has 0 aliphatic carbocycles. The molecule has 1 unspecified atom stereocenters. The Morgan fingerprint density at radius 2 is 1.94 bits per heavy atom. The van der Waals surface area contributed by atoms with E-state index in [1.807, 2.05) is 0 Å². The van der Waals surface area contributed by atoms with Crippen LogP contribution in [0, 0.1) is 0 Å². The number of esters is 1. The summed E-state index contributed by atoms with van der Waals surface area (Å²) in [6.07, 6.45) is 0. The molecule has 1 N–H and O–H groups in total. The van der Waals surface area contributed by atoms with Crippen LogP contribution in [0.2, 0.25) is 0 Å². The van der Waals surface area contributed by atoms with Crippen LogP contribution in [0.15, 0.2) is 18.2 Å². The minimum atomic E-state index is -4.24. The highest BCUT2D eigenvalue weighted by Crippen LogP contribution is 2.44. The van der Waals surface area contributed by atoms with Gasteiger partial charge >= 0.3 is 13.8 Å². The van der Waals surface area contributed by atoms with Gasteiger partial charge in [-0.05, 0) is 18.2 Å². The Hall–Kier alpha value is -1.56.